The molecule has 0 spiro atoms. The number of amides is 1. The van der Waals surface area contributed by atoms with Crippen molar-refractivity contribution >= 4 is 11.8 Å². The molecule has 2 atom stereocenters. The fourth-order valence-corrected chi connectivity index (χ4v) is 4.15. The zero-order valence-electron chi connectivity index (χ0n) is 16.8. The smallest absolute Gasteiger partial charge is 0.412 e. The normalized spacial score (nSPS) is 16.2. The van der Waals surface area contributed by atoms with Crippen molar-refractivity contribution in [1.82, 2.24) is 9.55 Å². The third-order valence-corrected chi connectivity index (χ3v) is 5.44. The maximum Gasteiger partial charge on any atom is 0.412 e. The number of anilines is 1. The molecule has 1 amide bonds. The van der Waals surface area contributed by atoms with Gasteiger partial charge in [0.15, 0.2) is 0 Å². The monoisotopic (exact) mass is 391 g/mol. The Bertz CT molecular complexity index is 1030. The van der Waals surface area contributed by atoms with Gasteiger partial charge in [0.1, 0.15) is 0 Å². The van der Waals surface area contributed by atoms with Crippen molar-refractivity contribution in [3.8, 4) is 11.3 Å². The molecule has 0 aliphatic carbocycles. The average molecular weight is 391 g/mol. The van der Waals surface area contributed by atoms with Crippen LogP contribution in [0.1, 0.15) is 50.5 Å². The molecule has 6 heteroatoms. The molecule has 6 nitrogen and oxygen atoms in total. The average Bonchev–Trinajstić information content (AvgIpc) is 3.24. The summed E-state index contributed by atoms with van der Waals surface area (Å²) in [6, 6.07) is 15.3. The lowest BCUT2D eigenvalue weighted by Crippen LogP contribution is -2.45. The van der Waals surface area contributed by atoms with Crippen LogP contribution in [-0.4, -0.2) is 31.4 Å². The highest BCUT2D eigenvalue weighted by atomic mass is 16.4. The van der Waals surface area contributed by atoms with Crippen molar-refractivity contribution in [2.24, 2.45) is 0 Å². The van der Waals surface area contributed by atoms with Crippen LogP contribution in [0.5, 0.6) is 0 Å². The van der Waals surface area contributed by atoms with Crippen LogP contribution in [0.25, 0.3) is 11.3 Å². The molecule has 4 rings (SSSR count). The number of aliphatic hydroxyl groups excluding tert-OH is 1. The van der Waals surface area contributed by atoms with Gasteiger partial charge in [0.05, 0.1) is 30.4 Å². The number of aromatic nitrogens is 2. The Balaban J connectivity index is 1.57. The van der Waals surface area contributed by atoms with Crippen LogP contribution in [0, 0.1) is 0 Å². The molecule has 2 unspecified atom stereocenters. The summed E-state index contributed by atoms with van der Waals surface area (Å²) < 4.78 is 2.11. The van der Waals surface area contributed by atoms with Crippen LogP contribution < -0.4 is 4.90 Å². The molecule has 0 fully saturated rings. The standard InChI is InChI=1S/C23H25N3O3/c1-23(2,3)26(22(28)29)16-10-8-15(9-11-16)21(27)12-19-17-6-4-5-7-18(17)20-13-24-14-25(19)20/h4-11,13-14,19,21,27H,12H2,1-3H3,(H,28,29). The van der Waals surface area contributed by atoms with Crippen LogP contribution in [0.4, 0.5) is 10.5 Å². The minimum atomic E-state index is -0.999. The summed E-state index contributed by atoms with van der Waals surface area (Å²) in [7, 11) is 0. The minimum Gasteiger partial charge on any atom is -0.465 e. The number of hydrogen-bond donors (Lipinski definition) is 2. The van der Waals surface area contributed by atoms with E-state index in [2.05, 4.69) is 21.7 Å². The molecule has 1 aliphatic heterocycles. The SMILES string of the molecule is CC(C)(C)N(C(=O)O)c1ccc(C(O)CC2c3ccccc3-c3cncn32)cc1. The highest BCUT2D eigenvalue weighted by Gasteiger charge is 2.31. The number of aliphatic hydroxyl groups is 1. The Morgan fingerprint density at radius 2 is 1.86 bits per heavy atom. The molecule has 0 saturated carbocycles. The van der Waals surface area contributed by atoms with E-state index in [1.54, 1.807) is 24.3 Å². The zero-order valence-corrected chi connectivity index (χ0v) is 16.8. The lowest BCUT2D eigenvalue weighted by atomic mass is 9.95. The summed E-state index contributed by atoms with van der Waals surface area (Å²) in [6.07, 6.45) is 2.50. The molecule has 150 valence electrons. The fraction of sp³-hybridized carbons (Fsp3) is 0.304. The highest BCUT2D eigenvalue weighted by molar-refractivity contribution is 5.87. The summed E-state index contributed by atoms with van der Waals surface area (Å²) in [5, 5.41) is 20.5. The molecule has 2 N–H and O–H groups in total. The van der Waals surface area contributed by atoms with Crippen LogP contribution >= 0.6 is 0 Å². The van der Waals surface area contributed by atoms with E-state index in [1.165, 1.54) is 10.5 Å². The number of nitrogens with zero attached hydrogens (tertiary/aromatic N) is 3. The fourth-order valence-electron chi connectivity index (χ4n) is 4.15. The molecule has 3 aromatic rings. The van der Waals surface area contributed by atoms with Gasteiger partial charge in [0.2, 0.25) is 0 Å². The third kappa shape index (κ3) is 3.40. The maximum absolute atomic E-state index is 11.7. The van der Waals surface area contributed by atoms with Gasteiger partial charge in [-0.15, -0.1) is 0 Å². The number of fused-ring (bicyclic) bond motifs is 3. The van der Waals surface area contributed by atoms with Crippen LogP contribution in [0.15, 0.2) is 61.1 Å². The largest absolute Gasteiger partial charge is 0.465 e. The van der Waals surface area contributed by atoms with E-state index < -0.39 is 17.7 Å². The first-order valence-electron chi connectivity index (χ1n) is 9.69. The second kappa shape index (κ2) is 7.04. The van der Waals surface area contributed by atoms with Gasteiger partial charge in [0.25, 0.3) is 0 Å². The summed E-state index contributed by atoms with van der Waals surface area (Å²) in [5.74, 6) is 0. The van der Waals surface area contributed by atoms with Crippen molar-refractivity contribution in [3.63, 3.8) is 0 Å². The van der Waals surface area contributed by atoms with E-state index in [-0.39, 0.29) is 6.04 Å². The molecule has 2 aromatic carbocycles. The van der Waals surface area contributed by atoms with Crippen LogP contribution in [-0.2, 0) is 0 Å². The van der Waals surface area contributed by atoms with Gasteiger partial charge in [-0.2, -0.15) is 0 Å². The number of hydrogen-bond acceptors (Lipinski definition) is 3. The molecular weight excluding hydrogens is 366 g/mol. The predicted molar refractivity (Wildman–Crippen MR) is 112 cm³/mol. The van der Waals surface area contributed by atoms with E-state index in [0.29, 0.717) is 12.1 Å². The Morgan fingerprint density at radius 1 is 1.17 bits per heavy atom. The molecule has 0 bridgehead atoms. The predicted octanol–water partition coefficient (Wildman–Crippen LogP) is 4.86. The van der Waals surface area contributed by atoms with Crippen molar-refractivity contribution in [2.75, 3.05) is 4.90 Å². The van der Waals surface area contributed by atoms with Gasteiger partial charge in [-0.3, -0.25) is 4.90 Å². The summed E-state index contributed by atoms with van der Waals surface area (Å²) >= 11 is 0. The van der Waals surface area contributed by atoms with Crippen molar-refractivity contribution < 1.29 is 15.0 Å². The quantitative estimate of drug-likeness (QED) is 0.666. The number of carbonyl (C=O) groups is 1. The van der Waals surface area contributed by atoms with E-state index in [4.69, 9.17) is 0 Å². The molecule has 2 heterocycles. The highest BCUT2D eigenvalue weighted by Crippen LogP contribution is 2.43. The summed E-state index contributed by atoms with van der Waals surface area (Å²) in [4.78, 5) is 17.3. The molecule has 0 saturated heterocycles. The van der Waals surface area contributed by atoms with E-state index >= 15 is 0 Å². The van der Waals surface area contributed by atoms with Crippen molar-refractivity contribution in [1.29, 1.82) is 0 Å². The minimum absolute atomic E-state index is 0.0171. The lowest BCUT2D eigenvalue weighted by Gasteiger charge is -2.33. The number of rotatable bonds is 4. The molecule has 29 heavy (non-hydrogen) atoms. The molecular formula is C23H25N3O3. The first kappa shape index (κ1) is 19.2. The summed E-state index contributed by atoms with van der Waals surface area (Å²) in [6.45, 7) is 5.55. The van der Waals surface area contributed by atoms with E-state index in [0.717, 1.165) is 16.8 Å². The first-order chi connectivity index (χ1) is 13.8. The second-order valence-corrected chi connectivity index (χ2v) is 8.42. The topological polar surface area (TPSA) is 78.6 Å². The van der Waals surface area contributed by atoms with Crippen molar-refractivity contribution in [2.45, 2.75) is 44.9 Å². The van der Waals surface area contributed by atoms with Gasteiger partial charge < -0.3 is 14.8 Å². The molecule has 0 radical (unpaired) electrons. The second-order valence-electron chi connectivity index (χ2n) is 8.42. The number of benzene rings is 2. The Hall–Kier alpha value is -3.12. The van der Waals surface area contributed by atoms with E-state index in [1.807, 2.05) is 45.4 Å². The van der Waals surface area contributed by atoms with Gasteiger partial charge in [-0.25, -0.2) is 9.78 Å². The van der Waals surface area contributed by atoms with Crippen LogP contribution in [0.2, 0.25) is 0 Å². The van der Waals surface area contributed by atoms with Gasteiger partial charge in [-0.1, -0.05) is 36.4 Å². The Labute approximate surface area is 170 Å². The molecule has 1 aliphatic rings. The number of carboxylic acid groups (broad SMARTS) is 1. The lowest BCUT2D eigenvalue weighted by molar-refractivity contribution is 0.154. The first-order valence-corrected chi connectivity index (χ1v) is 9.69. The third-order valence-electron chi connectivity index (χ3n) is 5.44. The maximum atomic E-state index is 11.7. The van der Waals surface area contributed by atoms with E-state index in [9.17, 15) is 15.0 Å². The Kier molecular flexibility index (Phi) is 4.67. The van der Waals surface area contributed by atoms with Gasteiger partial charge in [-0.05, 0) is 44.0 Å². The summed E-state index contributed by atoms with van der Waals surface area (Å²) in [5.41, 5.74) is 4.20. The van der Waals surface area contributed by atoms with Gasteiger partial charge in [0, 0.05) is 23.2 Å². The Morgan fingerprint density at radius 3 is 2.52 bits per heavy atom. The van der Waals surface area contributed by atoms with Gasteiger partial charge >= 0.3 is 6.09 Å². The zero-order chi connectivity index (χ0) is 20.8. The van der Waals surface area contributed by atoms with Crippen LogP contribution in [0.3, 0.4) is 0 Å². The number of imidazole rings is 1. The molecule has 1 aromatic heterocycles. The van der Waals surface area contributed by atoms with Crippen molar-refractivity contribution in [3.05, 3.63) is 72.2 Å².